The maximum absolute atomic E-state index is 10.8. The van der Waals surface area contributed by atoms with E-state index in [-0.39, 0.29) is 17.4 Å². The Labute approximate surface area is 118 Å². The number of nitrogens with zero attached hydrogens (tertiary/aromatic N) is 1. The Morgan fingerprint density at radius 3 is 2.15 bits per heavy atom. The van der Waals surface area contributed by atoms with E-state index in [1.807, 2.05) is 37.3 Å². The van der Waals surface area contributed by atoms with Gasteiger partial charge in [-0.3, -0.25) is 0 Å². The lowest BCUT2D eigenvalue weighted by Gasteiger charge is -2.18. The second kappa shape index (κ2) is 6.03. The molecule has 100 valence electrons. The topological polar surface area (TPSA) is 61.1 Å². The summed E-state index contributed by atoms with van der Waals surface area (Å²) in [5, 5.41) is 18.3. The molecule has 20 heavy (non-hydrogen) atoms. The van der Waals surface area contributed by atoms with E-state index in [9.17, 15) is 10.1 Å². The second-order valence-corrected chi connectivity index (χ2v) is 4.73. The van der Waals surface area contributed by atoms with Crippen LogP contribution in [0.3, 0.4) is 0 Å². The van der Waals surface area contributed by atoms with E-state index in [1.165, 1.54) is 0 Å². The highest BCUT2D eigenvalue weighted by molar-refractivity contribution is 5.87. The number of hydrogen-bond donors (Lipinski definition) is 1. The molecule has 3 heteroatoms. The van der Waals surface area contributed by atoms with Crippen LogP contribution in [0.1, 0.15) is 40.2 Å². The minimum Gasteiger partial charge on any atom is -0.478 e. The molecule has 0 radical (unpaired) electrons. The first-order valence-electron chi connectivity index (χ1n) is 6.41. The molecule has 0 fully saturated rings. The predicted octanol–water partition coefficient (Wildman–Crippen LogP) is 3.80. The summed E-state index contributed by atoms with van der Waals surface area (Å²) in [7, 11) is 0. The zero-order valence-corrected chi connectivity index (χ0v) is 11.2. The van der Waals surface area contributed by atoms with Crippen LogP contribution in [0.15, 0.2) is 54.6 Å². The largest absolute Gasteiger partial charge is 0.478 e. The minimum atomic E-state index is -0.957. The van der Waals surface area contributed by atoms with Gasteiger partial charge >= 0.3 is 5.97 Å². The Kier molecular flexibility index (Phi) is 4.17. The molecule has 0 amide bonds. The highest BCUT2D eigenvalue weighted by Gasteiger charge is 2.20. The van der Waals surface area contributed by atoms with Crippen molar-refractivity contribution >= 4 is 5.97 Å². The van der Waals surface area contributed by atoms with Crippen molar-refractivity contribution in [1.82, 2.24) is 0 Å². The summed E-state index contributed by atoms with van der Waals surface area (Å²) < 4.78 is 0. The average Bonchev–Trinajstić information content (AvgIpc) is 2.49. The van der Waals surface area contributed by atoms with Gasteiger partial charge in [0.25, 0.3) is 0 Å². The van der Waals surface area contributed by atoms with Gasteiger partial charge in [-0.05, 0) is 23.3 Å². The highest BCUT2D eigenvalue weighted by atomic mass is 16.4. The van der Waals surface area contributed by atoms with Crippen molar-refractivity contribution in [3.63, 3.8) is 0 Å². The van der Waals surface area contributed by atoms with Crippen LogP contribution in [0, 0.1) is 11.3 Å². The van der Waals surface area contributed by atoms with Gasteiger partial charge in [0, 0.05) is 5.92 Å². The molecule has 0 saturated carbocycles. The van der Waals surface area contributed by atoms with E-state index < -0.39 is 5.97 Å². The summed E-state index contributed by atoms with van der Waals surface area (Å²) in [6.07, 6.45) is 0. The van der Waals surface area contributed by atoms with Crippen LogP contribution in [-0.4, -0.2) is 11.1 Å². The van der Waals surface area contributed by atoms with Crippen molar-refractivity contribution in [3.8, 4) is 6.07 Å². The zero-order chi connectivity index (χ0) is 14.5. The van der Waals surface area contributed by atoms with Crippen molar-refractivity contribution in [3.05, 3.63) is 71.3 Å². The maximum Gasteiger partial charge on any atom is 0.335 e. The van der Waals surface area contributed by atoms with Crippen LogP contribution in [0.2, 0.25) is 0 Å². The quantitative estimate of drug-likeness (QED) is 0.914. The molecule has 3 nitrogen and oxygen atoms in total. The SMILES string of the molecule is CC(c1ccccc1)C(C#N)c1ccc(C(=O)O)cc1. The van der Waals surface area contributed by atoms with Gasteiger partial charge in [0.1, 0.15) is 0 Å². The lowest BCUT2D eigenvalue weighted by molar-refractivity contribution is 0.0697. The minimum absolute atomic E-state index is 0.0527. The summed E-state index contributed by atoms with van der Waals surface area (Å²) in [6, 6.07) is 18.7. The third-order valence-electron chi connectivity index (χ3n) is 3.48. The number of nitriles is 1. The van der Waals surface area contributed by atoms with Gasteiger partial charge in [-0.2, -0.15) is 5.26 Å². The van der Waals surface area contributed by atoms with Gasteiger partial charge in [0.15, 0.2) is 0 Å². The third kappa shape index (κ3) is 2.86. The first-order valence-corrected chi connectivity index (χ1v) is 6.41. The Bertz CT molecular complexity index is 626. The molecule has 2 atom stereocenters. The summed E-state index contributed by atoms with van der Waals surface area (Å²) in [5.74, 6) is -1.20. The van der Waals surface area contributed by atoms with Gasteiger partial charge in [-0.1, -0.05) is 49.4 Å². The number of hydrogen-bond acceptors (Lipinski definition) is 2. The average molecular weight is 265 g/mol. The van der Waals surface area contributed by atoms with Crippen molar-refractivity contribution < 1.29 is 9.90 Å². The molecule has 0 aliphatic heterocycles. The van der Waals surface area contributed by atoms with Crippen LogP contribution >= 0.6 is 0 Å². The van der Waals surface area contributed by atoms with Crippen molar-refractivity contribution in [2.45, 2.75) is 18.8 Å². The summed E-state index contributed by atoms with van der Waals surface area (Å²) in [6.45, 7) is 2.01. The Balaban J connectivity index is 2.29. The zero-order valence-electron chi connectivity index (χ0n) is 11.2. The van der Waals surface area contributed by atoms with Gasteiger partial charge in [0.2, 0.25) is 0 Å². The standard InChI is InChI=1S/C17H15NO2/c1-12(13-5-3-2-4-6-13)16(11-18)14-7-9-15(10-8-14)17(19)20/h2-10,12,16H,1H3,(H,19,20). The van der Waals surface area contributed by atoms with Crippen molar-refractivity contribution in [1.29, 1.82) is 5.26 Å². The molecule has 2 rings (SSSR count). The number of benzene rings is 2. The maximum atomic E-state index is 10.8. The van der Waals surface area contributed by atoms with Gasteiger partial charge in [0.05, 0.1) is 17.6 Å². The van der Waals surface area contributed by atoms with Crippen LogP contribution in [0.4, 0.5) is 0 Å². The highest BCUT2D eigenvalue weighted by Crippen LogP contribution is 2.32. The Morgan fingerprint density at radius 1 is 1.05 bits per heavy atom. The fraction of sp³-hybridized carbons (Fsp3) is 0.176. The molecule has 2 aromatic rings. The fourth-order valence-electron chi connectivity index (χ4n) is 2.26. The van der Waals surface area contributed by atoms with Crippen molar-refractivity contribution in [2.24, 2.45) is 0 Å². The van der Waals surface area contributed by atoms with E-state index >= 15 is 0 Å². The molecule has 0 aromatic heterocycles. The molecule has 0 aliphatic carbocycles. The number of carboxylic acid groups (broad SMARTS) is 1. The lowest BCUT2D eigenvalue weighted by atomic mass is 9.83. The van der Waals surface area contributed by atoms with Crippen molar-refractivity contribution in [2.75, 3.05) is 0 Å². The smallest absolute Gasteiger partial charge is 0.335 e. The van der Waals surface area contributed by atoms with Crippen LogP contribution < -0.4 is 0 Å². The molecule has 2 aromatic carbocycles. The van der Waals surface area contributed by atoms with Gasteiger partial charge in [-0.15, -0.1) is 0 Å². The lowest BCUT2D eigenvalue weighted by Crippen LogP contribution is -2.07. The third-order valence-corrected chi connectivity index (χ3v) is 3.48. The van der Waals surface area contributed by atoms with E-state index in [4.69, 9.17) is 5.11 Å². The summed E-state index contributed by atoms with van der Waals surface area (Å²) in [4.78, 5) is 10.8. The van der Waals surface area contributed by atoms with E-state index in [0.717, 1.165) is 11.1 Å². The molecule has 0 aliphatic rings. The molecule has 0 bridgehead atoms. The predicted molar refractivity (Wildman–Crippen MR) is 76.6 cm³/mol. The Hall–Kier alpha value is -2.60. The number of aromatic carboxylic acids is 1. The monoisotopic (exact) mass is 265 g/mol. The molecule has 0 heterocycles. The van der Waals surface area contributed by atoms with Crippen LogP contribution in [0.5, 0.6) is 0 Å². The number of carboxylic acids is 1. The van der Waals surface area contributed by atoms with Crippen LogP contribution in [0.25, 0.3) is 0 Å². The van der Waals surface area contributed by atoms with Gasteiger partial charge in [-0.25, -0.2) is 4.79 Å². The van der Waals surface area contributed by atoms with Crippen LogP contribution in [-0.2, 0) is 0 Å². The molecule has 0 saturated heterocycles. The van der Waals surface area contributed by atoms with E-state index in [1.54, 1.807) is 24.3 Å². The Morgan fingerprint density at radius 2 is 1.65 bits per heavy atom. The normalized spacial score (nSPS) is 13.2. The van der Waals surface area contributed by atoms with Gasteiger partial charge < -0.3 is 5.11 Å². The fourth-order valence-corrected chi connectivity index (χ4v) is 2.26. The summed E-state index contributed by atoms with van der Waals surface area (Å²) >= 11 is 0. The first kappa shape index (κ1) is 13.8. The molecule has 0 spiro atoms. The molecular formula is C17H15NO2. The summed E-state index contributed by atoms with van der Waals surface area (Å²) in [5.41, 5.74) is 2.17. The molecule has 1 N–H and O–H groups in total. The molecule has 2 unspecified atom stereocenters. The first-order chi connectivity index (χ1) is 9.63. The number of rotatable bonds is 4. The second-order valence-electron chi connectivity index (χ2n) is 4.73. The van der Waals surface area contributed by atoms with E-state index in [2.05, 4.69) is 6.07 Å². The number of carbonyl (C=O) groups is 1. The molecular weight excluding hydrogens is 250 g/mol. The van der Waals surface area contributed by atoms with E-state index in [0.29, 0.717) is 0 Å².